The molecule has 0 radical (unpaired) electrons. The molecule has 1 amide bonds. The van der Waals surface area contributed by atoms with Gasteiger partial charge in [0.25, 0.3) is 5.91 Å². The molecule has 0 saturated carbocycles. The molecule has 19 heavy (non-hydrogen) atoms. The summed E-state index contributed by atoms with van der Waals surface area (Å²) in [6.45, 7) is 1.20. The van der Waals surface area contributed by atoms with Gasteiger partial charge in [-0.15, -0.1) is 11.3 Å². The highest BCUT2D eigenvalue weighted by molar-refractivity contribution is 7.12. The molecule has 98 valence electrons. The van der Waals surface area contributed by atoms with Crippen LogP contribution in [-0.4, -0.2) is 18.6 Å². The van der Waals surface area contributed by atoms with Crippen LogP contribution in [0.15, 0.2) is 41.8 Å². The summed E-state index contributed by atoms with van der Waals surface area (Å²) >= 11 is 1.45. The highest BCUT2D eigenvalue weighted by atomic mass is 32.1. The summed E-state index contributed by atoms with van der Waals surface area (Å²) < 4.78 is 5.76. The predicted molar refractivity (Wildman–Crippen MR) is 75.4 cm³/mol. The number of thiophene rings is 1. The molecule has 3 rings (SSSR count). The van der Waals surface area contributed by atoms with E-state index in [9.17, 15) is 4.79 Å². The first-order chi connectivity index (χ1) is 9.33. The fraction of sp³-hybridized carbons (Fsp3) is 0.267. The van der Waals surface area contributed by atoms with E-state index in [1.807, 2.05) is 29.6 Å². The molecule has 1 aromatic heterocycles. The summed E-state index contributed by atoms with van der Waals surface area (Å²) in [5.41, 5.74) is 2.58. The second-order valence-electron chi connectivity index (χ2n) is 4.59. The zero-order valence-electron chi connectivity index (χ0n) is 10.5. The predicted octanol–water partition coefficient (Wildman–Crippen LogP) is 2.62. The highest BCUT2D eigenvalue weighted by Crippen LogP contribution is 2.20. The molecule has 3 nitrogen and oxygen atoms in total. The summed E-state index contributed by atoms with van der Waals surface area (Å²) in [6.07, 6.45) is 0.930. The Labute approximate surface area is 116 Å². The molecule has 1 aromatic carbocycles. The van der Waals surface area contributed by atoms with Gasteiger partial charge in [0, 0.05) is 13.0 Å². The van der Waals surface area contributed by atoms with Crippen LogP contribution in [0.5, 0.6) is 0 Å². The first-order valence-electron chi connectivity index (χ1n) is 6.33. The largest absolute Gasteiger partial charge is 0.371 e. The number of benzene rings is 1. The van der Waals surface area contributed by atoms with Crippen molar-refractivity contribution in [3.05, 3.63) is 57.8 Å². The zero-order chi connectivity index (χ0) is 13.1. The molecule has 1 unspecified atom stereocenters. The Morgan fingerprint density at radius 3 is 2.89 bits per heavy atom. The van der Waals surface area contributed by atoms with Gasteiger partial charge in [0.1, 0.15) is 0 Å². The Balaban J connectivity index is 1.57. The number of ether oxygens (including phenoxy) is 1. The maximum atomic E-state index is 11.8. The van der Waals surface area contributed by atoms with Gasteiger partial charge in [-0.05, 0) is 22.6 Å². The molecule has 0 bridgehead atoms. The van der Waals surface area contributed by atoms with Crippen molar-refractivity contribution in [3.63, 3.8) is 0 Å². The number of rotatable bonds is 3. The summed E-state index contributed by atoms with van der Waals surface area (Å²) in [6, 6.07) is 12.0. The monoisotopic (exact) mass is 273 g/mol. The fourth-order valence-corrected chi connectivity index (χ4v) is 2.88. The van der Waals surface area contributed by atoms with Crippen LogP contribution in [-0.2, 0) is 17.8 Å². The van der Waals surface area contributed by atoms with Crippen LogP contribution in [0.25, 0.3) is 0 Å². The van der Waals surface area contributed by atoms with Crippen molar-refractivity contribution >= 4 is 17.2 Å². The molecular formula is C15H15NO2S. The van der Waals surface area contributed by atoms with E-state index >= 15 is 0 Å². The number of hydrogen-bond donors (Lipinski definition) is 1. The third-order valence-corrected chi connectivity index (χ3v) is 4.14. The minimum Gasteiger partial charge on any atom is -0.371 e. The first-order valence-corrected chi connectivity index (χ1v) is 7.21. The third kappa shape index (κ3) is 2.85. The Morgan fingerprint density at radius 2 is 2.11 bits per heavy atom. The van der Waals surface area contributed by atoms with Gasteiger partial charge in [-0.25, -0.2) is 0 Å². The average molecular weight is 273 g/mol. The number of amides is 1. The lowest BCUT2D eigenvalue weighted by Gasteiger charge is -2.25. The van der Waals surface area contributed by atoms with E-state index in [4.69, 9.17) is 4.74 Å². The van der Waals surface area contributed by atoms with Gasteiger partial charge in [-0.3, -0.25) is 4.79 Å². The van der Waals surface area contributed by atoms with Gasteiger partial charge in [-0.1, -0.05) is 30.3 Å². The molecule has 1 N–H and O–H groups in total. The lowest BCUT2D eigenvalue weighted by molar-refractivity contribution is 0.0285. The molecule has 2 aromatic rings. The summed E-state index contributed by atoms with van der Waals surface area (Å²) in [4.78, 5) is 12.6. The maximum absolute atomic E-state index is 11.8. The number of hydrogen-bond acceptors (Lipinski definition) is 3. The van der Waals surface area contributed by atoms with E-state index in [0.717, 1.165) is 11.3 Å². The van der Waals surface area contributed by atoms with Gasteiger partial charge in [0.15, 0.2) is 0 Å². The summed E-state index contributed by atoms with van der Waals surface area (Å²) in [5.74, 6) is -0.0162. The standard InChI is InChI=1S/C15H15NO2S/c17-15(14-6-3-7-19-14)16-9-13-8-11-4-1-2-5-12(11)10-18-13/h1-7,13H,8-10H2,(H,16,17). The first kappa shape index (κ1) is 12.4. The Bertz CT molecular complexity index is 565. The highest BCUT2D eigenvalue weighted by Gasteiger charge is 2.19. The minimum absolute atomic E-state index is 0.0162. The van der Waals surface area contributed by atoms with E-state index < -0.39 is 0 Å². The van der Waals surface area contributed by atoms with Gasteiger partial charge in [0.05, 0.1) is 17.6 Å². The van der Waals surface area contributed by atoms with E-state index in [2.05, 4.69) is 17.4 Å². The number of nitrogens with one attached hydrogen (secondary N) is 1. The van der Waals surface area contributed by atoms with Crippen LogP contribution < -0.4 is 5.32 Å². The Morgan fingerprint density at radius 1 is 1.26 bits per heavy atom. The molecule has 1 aliphatic rings. The molecule has 2 heterocycles. The third-order valence-electron chi connectivity index (χ3n) is 3.28. The number of fused-ring (bicyclic) bond motifs is 1. The van der Waals surface area contributed by atoms with Crippen LogP contribution in [0.1, 0.15) is 20.8 Å². The fourth-order valence-electron chi connectivity index (χ4n) is 2.24. The Kier molecular flexibility index (Phi) is 3.62. The van der Waals surface area contributed by atoms with Crippen LogP contribution in [0.2, 0.25) is 0 Å². The van der Waals surface area contributed by atoms with Gasteiger partial charge < -0.3 is 10.1 Å². The average Bonchev–Trinajstić information content (AvgIpc) is 2.99. The van der Waals surface area contributed by atoms with E-state index in [0.29, 0.717) is 13.2 Å². The van der Waals surface area contributed by atoms with Gasteiger partial charge in [-0.2, -0.15) is 0 Å². The molecular weight excluding hydrogens is 258 g/mol. The maximum Gasteiger partial charge on any atom is 0.261 e. The van der Waals surface area contributed by atoms with Crippen molar-refractivity contribution < 1.29 is 9.53 Å². The quantitative estimate of drug-likeness (QED) is 0.933. The van der Waals surface area contributed by atoms with Crippen molar-refractivity contribution in [2.75, 3.05) is 6.54 Å². The summed E-state index contributed by atoms with van der Waals surface area (Å²) in [7, 11) is 0. The van der Waals surface area contributed by atoms with Crippen LogP contribution in [0.4, 0.5) is 0 Å². The second-order valence-corrected chi connectivity index (χ2v) is 5.54. The van der Waals surface area contributed by atoms with Crippen molar-refractivity contribution in [1.82, 2.24) is 5.32 Å². The van der Waals surface area contributed by atoms with Crippen molar-refractivity contribution in [2.45, 2.75) is 19.1 Å². The normalized spacial score (nSPS) is 17.8. The molecule has 0 fully saturated rings. The van der Waals surface area contributed by atoms with E-state index in [1.54, 1.807) is 0 Å². The molecule has 0 aliphatic carbocycles. The van der Waals surface area contributed by atoms with Crippen molar-refractivity contribution in [1.29, 1.82) is 0 Å². The minimum atomic E-state index is -0.0162. The number of carbonyl (C=O) groups excluding carboxylic acids is 1. The summed E-state index contributed by atoms with van der Waals surface area (Å²) in [5, 5.41) is 4.84. The second kappa shape index (κ2) is 5.55. The van der Waals surface area contributed by atoms with Crippen LogP contribution in [0.3, 0.4) is 0 Å². The molecule has 1 atom stereocenters. The van der Waals surface area contributed by atoms with E-state index in [1.165, 1.54) is 22.5 Å². The van der Waals surface area contributed by atoms with E-state index in [-0.39, 0.29) is 12.0 Å². The lowest BCUT2D eigenvalue weighted by atomic mass is 9.99. The lowest BCUT2D eigenvalue weighted by Crippen LogP contribution is -2.36. The van der Waals surface area contributed by atoms with Gasteiger partial charge >= 0.3 is 0 Å². The Hall–Kier alpha value is -1.65. The zero-order valence-corrected chi connectivity index (χ0v) is 11.3. The molecule has 0 spiro atoms. The SMILES string of the molecule is O=C(NCC1Cc2ccccc2CO1)c1cccs1. The van der Waals surface area contributed by atoms with Crippen LogP contribution >= 0.6 is 11.3 Å². The smallest absolute Gasteiger partial charge is 0.261 e. The molecule has 0 saturated heterocycles. The molecule has 1 aliphatic heterocycles. The van der Waals surface area contributed by atoms with Crippen LogP contribution in [0, 0.1) is 0 Å². The topological polar surface area (TPSA) is 38.3 Å². The molecule has 4 heteroatoms. The number of carbonyl (C=O) groups is 1. The van der Waals surface area contributed by atoms with Gasteiger partial charge in [0.2, 0.25) is 0 Å². The van der Waals surface area contributed by atoms with Crippen molar-refractivity contribution in [3.8, 4) is 0 Å². The van der Waals surface area contributed by atoms with Crippen molar-refractivity contribution in [2.24, 2.45) is 0 Å².